The normalized spacial score (nSPS) is 8.64. The molecule has 0 radical (unpaired) electrons. The molecule has 0 aliphatic carbocycles. The van der Waals surface area contributed by atoms with Crippen molar-refractivity contribution < 1.29 is 14.3 Å². The van der Waals surface area contributed by atoms with Gasteiger partial charge in [0.15, 0.2) is 6.61 Å². The lowest BCUT2D eigenvalue weighted by molar-refractivity contribution is -0.136. The fourth-order valence-corrected chi connectivity index (χ4v) is 1.51. The number of hydrogen-bond acceptors (Lipinski definition) is 4. The molecule has 0 amide bonds. The minimum atomic E-state index is -0.855. The van der Waals surface area contributed by atoms with Gasteiger partial charge in [0.1, 0.15) is 0 Å². The van der Waals surface area contributed by atoms with E-state index in [2.05, 4.69) is 14.6 Å². The van der Waals surface area contributed by atoms with E-state index in [1.54, 1.807) is 17.5 Å². The highest BCUT2D eigenvalue weighted by atomic mass is 127. The molecular weight excluding hydrogens is 315 g/mol. The van der Waals surface area contributed by atoms with Crippen molar-refractivity contribution in [3.8, 4) is 9.85 Å². The maximum Gasteiger partial charge on any atom is 0.381 e. The Hall–Kier alpha value is -0.870. The van der Waals surface area contributed by atoms with Crippen molar-refractivity contribution in [1.29, 1.82) is 0 Å². The molecular formula is C9H5IO3S. The van der Waals surface area contributed by atoms with E-state index in [1.165, 1.54) is 11.3 Å². The Morgan fingerprint density at radius 3 is 2.93 bits per heavy atom. The number of halogens is 1. The Balaban J connectivity index is 2.52. The number of esters is 1. The van der Waals surface area contributed by atoms with Crippen molar-refractivity contribution >= 4 is 45.7 Å². The van der Waals surface area contributed by atoms with Gasteiger partial charge in [-0.25, -0.2) is 4.79 Å². The number of ether oxygens (including phenoxy) is 1. The van der Waals surface area contributed by atoms with Crippen LogP contribution in [0.25, 0.3) is 0 Å². The first-order chi connectivity index (χ1) is 6.75. The van der Waals surface area contributed by atoms with Gasteiger partial charge in [0, 0.05) is 22.6 Å². The molecule has 0 unspecified atom stereocenters. The Labute approximate surface area is 98.6 Å². The summed E-state index contributed by atoms with van der Waals surface area (Å²) in [5, 5.41) is 1.73. The highest BCUT2D eigenvalue weighted by molar-refractivity contribution is 14.1. The summed E-state index contributed by atoms with van der Waals surface area (Å²) in [5.41, 5.74) is 0. The number of rotatable bonds is 3. The van der Waals surface area contributed by atoms with Crippen molar-refractivity contribution in [3.05, 3.63) is 22.4 Å². The SMILES string of the molecule is O=C(OCC#CI)C(=O)c1cccs1. The van der Waals surface area contributed by atoms with Crippen LogP contribution in [0.4, 0.5) is 0 Å². The summed E-state index contributed by atoms with van der Waals surface area (Å²) < 4.78 is 7.14. The molecule has 0 aliphatic heterocycles. The third-order valence-corrected chi connectivity index (χ3v) is 2.52. The molecule has 0 saturated carbocycles. The van der Waals surface area contributed by atoms with Crippen molar-refractivity contribution in [3.63, 3.8) is 0 Å². The zero-order valence-electron chi connectivity index (χ0n) is 6.95. The number of hydrogen-bond donors (Lipinski definition) is 0. The number of ketones is 1. The Bertz CT molecular complexity index is 386. The largest absolute Gasteiger partial charge is 0.446 e. The van der Waals surface area contributed by atoms with Gasteiger partial charge in [-0.15, -0.1) is 11.3 Å². The lowest BCUT2D eigenvalue weighted by atomic mass is 10.3. The molecule has 0 aromatic carbocycles. The van der Waals surface area contributed by atoms with Crippen LogP contribution in [0, 0.1) is 9.85 Å². The Kier molecular flexibility index (Phi) is 4.62. The molecule has 0 spiro atoms. The summed E-state index contributed by atoms with van der Waals surface area (Å²) in [6.07, 6.45) is 0. The highest BCUT2D eigenvalue weighted by Crippen LogP contribution is 2.09. The number of carbonyl (C=O) groups is 2. The molecule has 1 heterocycles. The molecule has 0 bridgehead atoms. The van der Waals surface area contributed by atoms with Gasteiger partial charge in [-0.3, -0.25) is 4.79 Å². The van der Waals surface area contributed by atoms with Crippen LogP contribution >= 0.6 is 33.9 Å². The second kappa shape index (κ2) is 5.78. The van der Waals surface area contributed by atoms with Crippen LogP contribution in [-0.4, -0.2) is 18.4 Å². The van der Waals surface area contributed by atoms with Crippen LogP contribution in [0.5, 0.6) is 0 Å². The zero-order chi connectivity index (χ0) is 10.4. The molecule has 1 aromatic heterocycles. The first-order valence-electron chi connectivity index (χ1n) is 3.59. The molecule has 14 heavy (non-hydrogen) atoms. The molecule has 72 valence electrons. The third-order valence-electron chi connectivity index (χ3n) is 1.27. The third kappa shape index (κ3) is 3.12. The smallest absolute Gasteiger partial charge is 0.381 e. The first kappa shape index (κ1) is 11.2. The van der Waals surface area contributed by atoms with Crippen LogP contribution in [0.15, 0.2) is 17.5 Å². The van der Waals surface area contributed by atoms with Gasteiger partial charge in [-0.2, -0.15) is 0 Å². The molecule has 3 nitrogen and oxygen atoms in total. The van der Waals surface area contributed by atoms with Crippen molar-refractivity contribution in [2.24, 2.45) is 0 Å². The number of carbonyl (C=O) groups excluding carboxylic acids is 2. The quantitative estimate of drug-likeness (QED) is 0.281. The van der Waals surface area contributed by atoms with E-state index in [0.717, 1.165) is 0 Å². The van der Waals surface area contributed by atoms with Crippen LogP contribution in [-0.2, 0) is 9.53 Å². The van der Waals surface area contributed by atoms with Crippen LogP contribution in [0.1, 0.15) is 9.67 Å². The van der Waals surface area contributed by atoms with E-state index >= 15 is 0 Å². The summed E-state index contributed by atoms with van der Waals surface area (Å²) in [4.78, 5) is 22.8. The monoisotopic (exact) mass is 320 g/mol. The summed E-state index contributed by atoms with van der Waals surface area (Å²) in [6, 6.07) is 3.29. The summed E-state index contributed by atoms with van der Waals surface area (Å²) >= 11 is 3.04. The molecule has 1 rings (SSSR count). The standard InChI is InChI=1S/C9H5IO3S/c10-4-2-5-13-9(12)8(11)7-3-1-6-14-7/h1,3,6H,5H2. The van der Waals surface area contributed by atoms with Gasteiger partial charge in [-0.05, 0) is 15.4 Å². The lowest BCUT2D eigenvalue weighted by Gasteiger charge is -1.96. The Morgan fingerprint density at radius 2 is 2.36 bits per heavy atom. The minimum absolute atomic E-state index is 0.0428. The molecule has 0 atom stereocenters. The topological polar surface area (TPSA) is 43.4 Å². The molecule has 0 N–H and O–H groups in total. The number of thiophene rings is 1. The van der Waals surface area contributed by atoms with E-state index in [0.29, 0.717) is 4.88 Å². The fourth-order valence-electron chi connectivity index (χ4n) is 0.703. The van der Waals surface area contributed by atoms with Crippen molar-refractivity contribution in [2.45, 2.75) is 0 Å². The zero-order valence-corrected chi connectivity index (χ0v) is 9.92. The van der Waals surface area contributed by atoms with Crippen molar-refractivity contribution in [2.75, 3.05) is 6.61 Å². The summed E-state index contributed by atoms with van der Waals surface area (Å²) in [5.74, 6) is 1.05. The average molecular weight is 320 g/mol. The Morgan fingerprint density at radius 1 is 1.57 bits per heavy atom. The van der Waals surface area contributed by atoms with Gasteiger partial charge in [-0.1, -0.05) is 12.0 Å². The molecule has 5 heteroatoms. The second-order valence-corrected chi connectivity index (χ2v) is 3.64. The molecule has 0 fully saturated rings. The van der Waals surface area contributed by atoms with Crippen LogP contribution in [0.2, 0.25) is 0 Å². The highest BCUT2D eigenvalue weighted by Gasteiger charge is 2.17. The average Bonchev–Trinajstić information content (AvgIpc) is 2.69. The molecule has 0 saturated heterocycles. The fraction of sp³-hybridized carbons (Fsp3) is 0.111. The van der Waals surface area contributed by atoms with Gasteiger partial charge < -0.3 is 4.74 Å². The summed E-state index contributed by atoms with van der Waals surface area (Å²) in [6.45, 7) is -0.0428. The van der Waals surface area contributed by atoms with Gasteiger partial charge >= 0.3 is 5.97 Å². The van der Waals surface area contributed by atoms with Gasteiger partial charge in [0.2, 0.25) is 0 Å². The molecule has 1 aromatic rings. The maximum absolute atomic E-state index is 11.3. The van der Waals surface area contributed by atoms with Crippen molar-refractivity contribution in [1.82, 2.24) is 0 Å². The van der Waals surface area contributed by atoms with Gasteiger partial charge in [0.05, 0.1) is 4.88 Å². The number of Topliss-reactive ketones (excluding diaryl/α,β-unsaturated/α-hetero) is 1. The second-order valence-electron chi connectivity index (χ2n) is 2.15. The van der Waals surface area contributed by atoms with Gasteiger partial charge in [0.25, 0.3) is 5.78 Å². The first-order valence-corrected chi connectivity index (χ1v) is 5.55. The predicted octanol–water partition coefficient (Wildman–Crippen LogP) is 1.87. The maximum atomic E-state index is 11.3. The predicted molar refractivity (Wildman–Crippen MR) is 61.4 cm³/mol. The van der Waals surface area contributed by atoms with Crippen LogP contribution in [0.3, 0.4) is 0 Å². The van der Waals surface area contributed by atoms with E-state index in [-0.39, 0.29) is 6.61 Å². The van der Waals surface area contributed by atoms with E-state index < -0.39 is 11.8 Å². The van der Waals surface area contributed by atoms with E-state index in [9.17, 15) is 9.59 Å². The van der Waals surface area contributed by atoms with E-state index in [1.807, 2.05) is 22.6 Å². The summed E-state index contributed by atoms with van der Waals surface area (Å²) in [7, 11) is 0. The van der Waals surface area contributed by atoms with E-state index in [4.69, 9.17) is 0 Å². The lowest BCUT2D eigenvalue weighted by Crippen LogP contribution is -2.16. The minimum Gasteiger partial charge on any atom is -0.446 e. The van der Waals surface area contributed by atoms with Crippen LogP contribution < -0.4 is 0 Å². The molecule has 0 aliphatic rings.